The molecule has 1 heterocycles. The third-order valence-electron chi connectivity index (χ3n) is 3.80. The maximum absolute atomic E-state index is 12.5. The molecule has 3 N–H and O–H groups in total. The number of ketones is 1. The second-order valence-electron chi connectivity index (χ2n) is 6.27. The van der Waals surface area contributed by atoms with Crippen LogP contribution >= 0.6 is 0 Å². The first-order chi connectivity index (χ1) is 11.3. The van der Waals surface area contributed by atoms with E-state index in [1.807, 2.05) is 6.92 Å². The van der Waals surface area contributed by atoms with Crippen molar-refractivity contribution in [2.45, 2.75) is 70.5 Å². The maximum Gasteiger partial charge on any atom is 0.253 e. The maximum atomic E-state index is 12.5. The largest absolute Gasteiger partial charge is 0.388 e. The van der Waals surface area contributed by atoms with E-state index in [0.717, 1.165) is 19.3 Å². The van der Waals surface area contributed by atoms with E-state index in [1.54, 1.807) is 13.8 Å². The molecule has 138 valence electrons. The number of likely N-dealkylation sites (N-methyl/N-ethyl adjacent to an activating group) is 1. The fourth-order valence-electron chi connectivity index (χ4n) is 2.57. The average Bonchev–Trinajstić information content (AvgIpc) is 2.88. The van der Waals surface area contributed by atoms with Crippen molar-refractivity contribution in [2.75, 3.05) is 13.7 Å². The van der Waals surface area contributed by atoms with E-state index in [0.29, 0.717) is 6.42 Å². The predicted octanol–water partition coefficient (Wildman–Crippen LogP) is -0.121. The third-order valence-corrected chi connectivity index (χ3v) is 3.80. The minimum Gasteiger partial charge on any atom is -0.388 e. The first kappa shape index (κ1) is 20.5. The normalized spacial score (nSPS) is 23.5. The second-order valence-corrected chi connectivity index (χ2v) is 6.27. The van der Waals surface area contributed by atoms with E-state index in [2.05, 4.69) is 10.6 Å². The Hall–Kier alpha value is -1.51. The summed E-state index contributed by atoms with van der Waals surface area (Å²) in [6, 6.07) is -0.703. The number of unbranched alkanes of at least 4 members (excludes halogenated alkanes) is 2. The quantitative estimate of drug-likeness (QED) is 0.503. The summed E-state index contributed by atoms with van der Waals surface area (Å²) in [5, 5.41) is 14.2. The molecule has 8 nitrogen and oxygen atoms in total. The van der Waals surface area contributed by atoms with Gasteiger partial charge in [-0.3, -0.25) is 14.4 Å². The van der Waals surface area contributed by atoms with Gasteiger partial charge < -0.3 is 25.2 Å². The molecular formula is C16H28N2O6. The fraction of sp³-hybridized carbons (Fsp3) is 0.812. The van der Waals surface area contributed by atoms with E-state index >= 15 is 0 Å². The monoisotopic (exact) mass is 344 g/mol. The fourth-order valence-corrected chi connectivity index (χ4v) is 2.57. The molecule has 3 atom stereocenters. The molecular weight excluding hydrogens is 316 g/mol. The Kier molecular flexibility index (Phi) is 7.78. The van der Waals surface area contributed by atoms with Crippen LogP contribution in [-0.4, -0.2) is 60.4 Å². The Morgan fingerprint density at radius 3 is 2.33 bits per heavy atom. The van der Waals surface area contributed by atoms with Crippen LogP contribution in [0.3, 0.4) is 0 Å². The first-order valence-corrected chi connectivity index (χ1v) is 8.27. The highest BCUT2D eigenvalue weighted by Gasteiger charge is 2.48. The number of hydrogen-bond donors (Lipinski definition) is 3. The van der Waals surface area contributed by atoms with Crippen LogP contribution in [0.2, 0.25) is 0 Å². The van der Waals surface area contributed by atoms with Gasteiger partial charge in [0.15, 0.2) is 23.8 Å². The molecule has 8 heteroatoms. The van der Waals surface area contributed by atoms with Gasteiger partial charge in [-0.15, -0.1) is 0 Å². The van der Waals surface area contributed by atoms with Crippen LogP contribution < -0.4 is 10.6 Å². The van der Waals surface area contributed by atoms with E-state index < -0.39 is 42.3 Å². The topological polar surface area (TPSA) is 114 Å². The Bertz CT molecular complexity index is 465. The summed E-state index contributed by atoms with van der Waals surface area (Å²) < 4.78 is 10.9. The van der Waals surface area contributed by atoms with Gasteiger partial charge >= 0.3 is 0 Å². The minimum atomic E-state index is -1.20. The smallest absolute Gasteiger partial charge is 0.253 e. The zero-order valence-electron chi connectivity index (χ0n) is 14.8. The highest BCUT2D eigenvalue weighted by Crippen LogP contribution is 2.29. The van der Waals surface area contributed by atoms with E-state index in [4.69, 9.17) is 14.6 Å². The molecule has 1 aliphatic rings. The van der Waals surface area contributed by atoms with Gasteiger partial charge in [0.05, 0.1) is 0 Å². The van der Waals surface area contributed by atoms with Gasteiger partial charge in [0.1, 0.15) is 12.6 Å². The van der Waals surface area contributed by atoms with Crippen molar-refractivity contribution in [3.8, 4) is 0 Å². The number of aliphatic hydroxyl groups is 1. The van der Waals surface area contributed by atoms with Crippen molar-refractivity contribution in [1.29, 1.82) is 0 Å². The van der Waals surface area contributed by atoms with Crippen LogP contribution in [0.1, 0.15) is 46.5 Å². The highest BCUT2D eigenvalue weighted by atomic mass is 16.8. The number of ether oxygens (including phenoxy) is 2. The van der Waals surface area contributed by atoms with Gasteiger partial charge in [0.2, 0.25) is 5.91 Å². The lowest BCUT2D eigenvalue weighted by Gasteiger charge is -2.21. The van der Waals surface area contributed by atoms with Crippen LogP contribution in [0, 0.1) is 0 Å². The standard InChI is InChI=1S/C16H28N2O6/c1-5-6-7-8-10(14(21)17-4)18-15(22)13-12(11(20)9-19)23-16(2,3)24-13/h10,12-13,19H,5-9H2,1-4H3,(H,17,21)(H,18,22). The zero-order valence-corrected chi connectivity index (χ0v) is 14.8. The van der Waals surface area contributed by atoms with Crippen LogP contribution in [0.5, 0.6) is 0 Å². The molecule has 0 radical (unpaired) electrons. The van der Waals surface area contributed by atoms with Gasteiger partial charge in [-0.25, -0.2) is 0 Å². The van der Waals surface area contributed by atoms with Gasteiger partial charge in [0, 0.05) is 7.05 Å². The van der Waals surface area contributed by atoms with Gasteiger partial charge in [-0.2, -0.15) is 0 Å². The molecule has 1 saturated heterocycles. The molecule has 0 spiro atoms. The SMILES string of the molecule is CCCCCC(NC(=O)C1OC(C)(C)OC1C(=O)CO)C(=O)NC. The Morgan fingerprint density at radius 1 is 1.17 bits per heavy atom. The summed E-state index contributed by atoms with van der Waals surface area (Å²) in [7, 11) is 1.50. The van der Waals surface area contributed by atoms with Crippen LogP contribution in [0.15, 0.2) is 0 Å². The van der Waals surface area contributed by atoms with E-state index in [9.17, 15) is 14.4 Å². The first-order valence-electron chi connectivity index (χ1n) is 8.27. The van der Waals surface area contributed by atoms with Crippen LogP contribution in [-0.2, 0) is 23.9 Å². The number of aliphatic hydroxyl groups excluding tert-OH is 1. The summed E-state index contributed by atoms with van der Waals surface area (Å²) >= 11 is 0. The molecule has 0 bridgehead atoms. The molecule has 0 saturated carbocycles. The average molecular weight is 344 g/mol. The highest BCUT2D eigenvalue weighted by molar-refractivity contribution is 5.95. The summed E-state index contributed by atoms with van der Waals surface area (Å²) in [6.45, 7) is 4.46. The van der Waals surface area contributed by atoms with Gasteiger partial charge in [-0.1, -0.05) is 26.2 Å². The molecule has 1 aliphatic heterocycles. The lowest BCUT2D eigenvalue weighted by Crippen LogP contribution is -2.52. The number of carbonyl (C=O) groups is 3. The Balaban J connectivity index is 2.80. The van der Waals surface area contributed by atoms with E-state index in [-0.39, 0.29) is 5.91 Å². The van der Waals surface area contributed by atoms with E-state index in [1.165, 1.54) is 7.05 Å². The lowest BCUT2D eigenvalue weighted by molar-refractivity contribution is -0.160. The summed E-state index contributed by atoms with van der Waals surface area (Å²) in [5.41, 5.74) is 0. The molecule has 0 aromatic heterocycles. The number of amides is 2. The van der Waals surface area contributed by atoms with Gasteiger partial charge in [-0.05, 0) is 20.3 Å². The molecule has 3 unspecified atom stereocenters. The van der Waals surface area contributed by atoms with Crippen molar-refractivity contribution in [3.05, 3.63) is 0 Å². The van der Waals surface area contributed by atoms with Crippen molar-refractivity contribution >= 4 is 17.6 Å². The minimum absolute atomic E-state index is 0.303. The molecule has 2 amide bonds. The number of Topliss-reactive ketones (excluding diaryl/α,β-unsaturated/α-hetero) is 1. The van der Waals surface area contributed by atoms with Crippen molar-refractivity contribution in [3.63, 3.8) is 0 Å². The third kappa shape index (κ3) is 5.54. The van der Waals surface area contributed by atoms with Crippen LogP contribution in [0.4, 0.5) is 0 Å². The molecule has 0 aromatic rings. The lowest BCUT2D eigenvalue weighted by atomic mass is 10.1. The van der Waals surface area contributed by atoms with Crippen molar-refractivity contribution in [1.82, 2.24) is 10.6 Å². The summed E-state index contributed by atoms with van der Waals surface area (Å²) in [5.74, 6) is -2.66. The van der Waals surface area contributed by atoms with Gasteiger partial charge in [0.25, 0.3) is 5.91 Å². The van der Waals surface area contributed by atoms with Crippen molar-refractivity contribution < 1.29 is 29.0 Å². The number of hydrogen-bond acceptors (Lipinski definition) is 6. The number of rotatable bonds is 9. The van der Waals surface area contributed by atoms with Crippen LogP contribution in [0.25, 0.3) is 0 Å². The molecule has 1 fully saturated rings. The summed E-state index contributed by atoms with van der Waals surface area (Å²) in [6.07, 6.45) is 0.847. The predicted molar refractivity (Wildman–Crippen MR) is 86.1 cm³/mol. The molecule has 1 rings (SSSR count). The molecule has 0 aliphatic carbocycles. The van der Waals surface area contributed by atoms with Crippen molar-refractivity contribution in [2.24, 2.45) is 0 Å². The summed E-state index contributed by atoms with van der Waals surface area (Å²) in [4.78, 5) is 36.2. The zero-order chi connectivity index (χ0) is 18.3. The number of nitrogens with one attached hydrogen (secondary N) is 2. The Labute approximate surface area is 142 Å². The Morgan fingerprint density at radius 2 is 1.79 bits per heavy atom. The number of carbonyl (C=O) groups excluding carboxylic acids is 3. The second kappa shape index (κ2) is 9.10. The molecule has 24 heavy (non-hydrogen) atoms. The molecule has 0 aromatic carbocycles.